The van der Waals surface area contributed by atoms with E-state index in [0.29, 0.717) is 31.9 Å². The van der Waals surface area contributed by atoms with Crippen molar-refractivity contribution >= 4 is 33.5 Å². The minimum absolute atomic E-state index is 0.0196. The summed E-state index contributed by atoms with van der Waals surface area (Å²) in [5.74, 6) is -0.236. The molecule has 0 saturated carbocycles. The lowest BCUT2D eigenvalue weighted by Gasteiger charge is -2.27. The fourth-order valence-electron chi connectivity index (χ4n) is 5.73. The average Bonchev–Trinajstić information content (AvgIpc) is 3.50. The maximum absolute atomic E-state index is 13.5. The second kappa shape index (κ2) is 10.5. The molecule has 0 saturated heterocycles. The van der Waals surface area contributed by atoms with E-state index in [4.69, 9.17) is 0 Å². The van der Waals surface area contributed by atoms with E-state index < -0.39 is 0 Å². The molecule has 0 spiro atoms. The van der Waals surface area contributed by atoms with Crippen LogP contribution in [0.5, 0.6) is 0 Å². The summed E-state index contributed by atoms with van der Waals surface area (Å²) >= 11 is 0. The van der Waals surface area contributed by atoms with Crippen molar-refractivity contribution in [2.45, 2.75) is 39.5 Å². The van der Waals surface area contributed by atoms with Gasteiger partial charge in [-0.05, 0) is 28.0 Å². The number of fused-ring (bicyclic) bond motifs is 3. The Kier molecular flexibility index (Phi) is 6.72. The highest BCUT2D eigenvalue weighted by atomic mass is 16.3. The Morgan fingerprint density at radius 3 is 2.56 bits per heavy atom. The second-order valence-electron chi connectivity index (χ2n) is 10.1. The molecule has 2 aromatic heterocycles. The summed E-state index contributed by atoms with van der Waals surface area (Å²) in [6.07, 6.45) is 2.65. The van der Waals surface area contributed by atoms with E-state index in [2.05, 4.69) is 33.5 Å². The molecular formula is C31H31N5O3. The van der Waals surface area contributed by atoms with E-state index in [0.717, 1.165) is 57.0 Å². The number of para-hydroxylation sites is 1. The zero-order chi connectivity index (χ0) is 26.9. The van der Waals surface area contributed by atoms with E-state index in [1.165, 1.54) is 0 Å². The number of nitrogens with zero attached hydrogens (tertiary/aromatic N) is 4. The lowest BCUT2D eigenvalue weighted by atomic mass is 10.0. The van der Waals surface area contributed by atoms with Gasteiger partial charge in [-0.3, -0.25) is 23.7 Å². The van der Waals surface area contributed by atoms with Crippen molar-refractivity contribution in [3.63, 3.8) is 0 Å². The fraction of sp³-hybridized carbons (Fsp3) is 0.258. The Balaban J connectivity index is 1.25. The average molecular weight is 522 g/mol. The summed E-state index contributed by atoms with van der Waals surface area (Å²) in [6.45, 7) is 4.29. The van der Waals surface area contributed by atoms with Crippen molar-refractivity contribution in [1.29, 1.82) is 0 Å². The van der Waals surface area contributed by atoms with Crippen LogP contribution in [0.2, 0.25) is 0 Å². The van der Waals surface area contributed by atoms with Gasteiger partial charge < -0.3 is 10.4 Å². The van der Waals surface area contributed by atoms with E-state index >= 15 is 0 Å². The second-order valence-corrected chi connectivity index (χ2v) is 10.1. The van der Waals surface area contributed by atoms with Gasteiger partial charge in [-0.1, -0.05) is 60.7 Å². The van der Waals surface area contributed by atoms with Crippen LogP contribution in [0, 0.1) is 0 Å². The summed E-state index contributed by atoms with van der Waals surface area (Å²) in [7, 11) is 0. The van der Waals surface area contributed by atoms with Gasteiger partial charge in [-0.25, -0.2) is 0 Å². The highest BCUT2D eigenvalue weighted by Crippen LogP contribution is 2.28. The number of hydrogen-bond donors (Lipinski definition) is 2. The zero-order valence-corrected chi connectivity index (χ0v) is 21.9. The first-order valence-corrected chi connectivity index (χ1v) is 13.3. The lowest BCUT2D eigenvalue weighted by Crippen LogP contribution is -2.32. The molecule has 3 aromatic carbocycles. The van der Waals surface area contributed by atoms with Crippen molar-refractivity contribution in [1.82, 2.24) is 24.6 Å². The third-order valence-corrected chi connectivity index (χ3v) is 7.59. The zero-order valence-electron chi connectivity index (χ0n) is 21.9. The number of rotatable bonds is 7. The van der Waals surface area contributed by atoms with Gasteiger partial charge >= 0.3 is 0 Å². The lowest BCUT2D eigenvalue weighted by molar-refractivity contribution is 0.0933. The molecule has 0 aliphatic carbocycles. The number of nitrogens with one attached hydrogen (secondary N) is 1. The van der Waals surface area contributed by atoms with Crippen LogP contribution in [0.25, 0.3) is 21.7 Å². The van der Waals surface area contributed by atoms with Crippen LogP contribution in [0.3, 0.4) is 0 Å². The van der Waals surface area contributed by atoms with Crippen LogP contribution in [-0.4, -0.2) is 49.3 Å². The number of benzene rings is 3. The van der Waals surface area contributed by atoms with Crippen molar-refractivity contribution in [3.8, 4) is 0 Å². The molecule has 6 rings (SSSR count). The van der Waals surface area contributed by atoms with Crippen molar-refractivity contribution in [2.24, 2.45) is 0 Å². The smallest absolute Gasteiger partial charge is 0.272 e. The molecule has 1 aliphatic rings. The minimum Gasteiger partial charge on any atom is -0.394 e. The highest BCUT2D eigenvalue weighted by Gasteiger charge is 2.28. The van der Waals surface area contributed by atoms with Crippen LogP contribution < -0.4 is 5.32 Å². The van der Waals surface area contributed by atoms with E-state index in [-0.39, 0.29) is 18.4 Å². The quantitative estimate of drug-likeness (QED) is 0.336. The van der Waals surface area contributed by atoms with Gasteiger partial charge in [0.2, 0.25) is 5.91 Å². The monoisotopic (exact) mass is 521 g/mol. The maximum atomic E-state index is 13.5. The third-order valence-electron chi connectivity index (χ3n) is 7.59. The molecule has 2 N–H and O–H groups in total. The third kappa shape index (κ3) is 4.73. The summed E-state index contributed by atoms with van der Waals surface area (Å²) in [6, 6.07) is 22.2. The van der Waals surface area contributed by atoms with Crippen molar-refractivity contribution in [2.75, 3.05) is 13.2 Å². The SMILES string of the molecule is CC(=O)n1cc(CN2CCc3c(c(C(=O)NCc4cccc5ccccc45)nn3CCO)C2)c2ccccc21. The standard InChI is InChI=1S/C31H31N5O3/c1-21(38)35-19-24(26-11-4-5-12-28(26)35)18-34-14-13-29-27(20-34)30(33-36(29)15-16-37)31(39)32-17-23-9-6-8-22-7-2-3-10-25(22)23/h2-12,19,37H,13-18,20H2,1H3,(H,32,39). The number of aromatic nitrogens is 3. The molecule has 39 heavy (non-hydrogen) atoms. The number of carbonyl (C=O) groups excluding carboxylic acids is 2. The van der Waals surface area contributed by atoms with Crippen LogP contribution in [-0.2, 0) is 32.6 Å². The number of aliphatic hydroxyl groups is 1. The van der Waals surface area contributed by atoms with E-state index in [1.54, 1.807) is 16.2 Å². The van der Waals surface area contributed by atoms with Gasteiger partial charge in [0.1, 0.15) is 0 Å². The predicted octanol–water partition coefficient (Wildman–Crippen LogP) is 4.13. The molecule has 8 nitrogen and oxygen atoms in total. The summed E-state index contributed by atoms with van der Waals surface area (Å²) in [5, 5.41) is 20.6. The normalized spacial score (nSPS) is 13.6. The van der Waals surface area contributed by atoms with Crippen LogP contribution >= 0.6 is 0 Å². The molecule has 0 radical (unpaired) electrons. The Bertz CT molecular complexity index is 1690. The summed E-state index contributed by atoms with van der Waals surface area (Å²) in [5.41, 5.74) is 5.35. The molecule has 0 atom stereocenters. The summed E-state index contributed by atoms with van der Waals surface area (Å²) < 4.78 is 3.48. The molecule has 5 aromatic rings. The highest BCUT2D eigenvalue weighted by molar-refractivity contribution is 5.95. The van der Waals surface area contributed by atoms with E-state index in [9.17, 15) is 14.7 Å². The summed E-state index contributed by atoms with van der Waals surface area (Å²) in [4.78, 5) is 28.0. The topological polar surface area (TPSA) is 92.4 Å². The number of hydrogen-bond acceptors (Lipinski definition) is 5. The number of carbonyl (C=O) groups is 2. The first kappa shape index (κ1) is 25.0. The Hall–Kier alpha value is -4.27. The fourth-order valence-corrected chi connectivity index (χ4v) is 5.73. The largest absolute Gasteiger partial charge is 0.394 e. The molecule has 3 heterocycles. The van der Waals surface area contributed by atoms with Gasteiger partial charge in [0.25, 0.3) is 5.91 Å². The number of aliphatic hydroxyl groups excluding tert-OH is 1. The van der Waals surface area contributed by atoms with Gasteiger partial charge in [0, 0.05) is 62.4 Å². The molecule has 0 unspecified atom stereocenters. The molecule has 1 amide bonds. The Morgan fingerprint density at radius 1 is 0.974 bits per heavy atom. The van der Waals surface area contributed by atoms with Crippen LogP contribution in [0.15, 0.2) is 72.9 Å². The Morgan fingerprint density at radius 2 is 1.74 bits per heavy atom. The molecule has 1 aliphatic heterocycles. The molecule has 0 fully saturated rings. The maximum Gasteiger partial charge on any atom is 0.272 e. The van der Waals surface area contributed by atoms with Crippen molar-refractivity contribution in [3.05, 3.63) is 101 Å². The van der Waals surface area contributed by atoms with Gasteiger partial charge in [0.05, 0.1) is 18.7 Å². The first-order chi connectivity index (χ1) is 19.0. The van der Waals surface area contributed by atoms with Crippen LogP contribution in [0.1, 0.15) is 44.6 Å². The number of amides is 1. The molecule has 0 bridgehead atoms. The predicted molar refractivity (Wildman–Crippen MR) is 150 cm³/mol. The molecule has 8 heteroatoms. The van der Waals surface area contributed by atoms with Gasteiger partial charge in [-0.15, -0.1) is 0 Å². The van der Waals surface area contributed by atoms with Crippen molar-refractivity contribution < 1.29 is 14.7 Å². The van der Waals surface area contributed by atoms with Gasteiger partial charge in [0.15, 0.2) is 5.69 Å². The first-order valence-electron chi connectivity index (χ1n) is 13.3. The van der Waals surface area contributed by atoms with Crippen LogP contribution in [0.4, 0.5) is 0 Å². The molecule has 198 valence electrons. The minimum atomic E-state index is -0.217. The van der Waals surface area contributed by atoms with Gasteiger partial charge in [-0.2, -0.15) is 5.10 Å². The van der Waals surface area contributed by atoms with E-state index in [1.807, 2.05) is 54.7 Å². The Labute approximate surface area is 226 Å². The molecular weight excluding hydrogens is 490 g/mol.